The van der Waals surface area contributed by atoms with Crippen LogP contribution in [0.2, 0.25) is 0 Å². The molecule has 1 heterocycles. The predicted molar refractivity (Wildman–Crippen MR) is 68.3 cm³/mol. The fourth-order valence-electron chi connectivity index (χ4n) is 1.94. The number of nitrogens with zero attached hydrogens (tertiary/aromatic N) is 1. The van der Waals surface area contributed by atoms with Crippen molar-refractivity contribution >= 4 is 21.6 Å². The summed E-state index contributed by atoms with van der Waals surface area (Å²) in [6, 6.07) is 6.95. The number of rotatable bonds is 1. The second-order valence-corrected chi connectivity index (χ2v) is 5.11. The van der Waals surface area contributed by atoms with E-state index in [1.54, 1.807) is 0 Å². The zero-order valence-electron chi connectivity index (χ0n) is 9.04. The lowest BCUT2D eigenvalue weighted by Gasteiger charge is -2.32. The summed E-state index contributed by atoms with van der Waals surface area (Å²) >= 11 is 3.57. The van der Waals surface area contributed by atoms with Crippen molar-refractivity contribution in [2.24, 2.45) is 5.73 Å². The van der Waals surface area contributed by atoms with Crippen molar-refractivity contribution in [3.8, 4) is 0 Å². The van der Waals surface area contributed by atoms with E-state index >= 15 is 0 Å². The van der Waals surface area contributed by atoms with Crippen LogP contribution in [0, 0.1) is 6.92 Å². The van der Waals surface area contributed by atoms with Gasteiger partial charge in [0.1, 0.15) is 0 Å². The fraction of sp³-hybridized carbons (Fsp3) is 0.500. The second kappa shape index (κ2) is 4.54. The van der Waals surface area contributed by atoms with Gasteiger partial charge in [-0.2, -0.15) is 0 Å². The van der Waals surface area contributed by atoms with Crippen molar-refractivity contribution in [2.45, 2.75) is 25.8 Å². The first kappa shape index (κ1) is 11.0. The molecule has 1 aliphatic heterocycles. The average molecular weight is 269 g/mol. The molecule has 0 atom stereocenters. The first-order valence-corrected chi connectivity index (χ1v) is 6.23. The Kier molecular flexibility index (Phi) is 3.32. The molecule has 0 radical (unpaired) electrons. The van der Waals surface area contributed by atoms with Crippen LogP contribution in [0.3, 0.4) is 0 Å². The zero-order valence-corrected chi connectivity index (χ0v) is 10.6. The third-order valence-electron chi connectivity index (χ3n) is 3.06. The van der Waals surface area contributed by atoms with E-state index in [9.17, 15) is 0 Å². The number of anilines is 1. The Morgan fingerprint density at radius 1 is 1.33 bits per heavy atom. The molecule has 15 heavy (non-hydrogen) atoms. The van der Waals surface area contributed by atoms with Crippen molar-refractivity contribution in [3.63, 3.8) is 0 Å². The summed E-state index contributed by atoms with van der Waals surface area (Å²) in [5.41, 5.74) is 8.48. The van der Waals surface area contributed by atoms with Gasteiger partial charge in [0.05, 0.1) is 0 Å². The minimum atomic E-state index is 0.398. The number of halogens is 1. The summed E-state index contributed by atoms with van der Waals surface area (Å²) in [5, 5.41) is 0. The minimum absolute atomic E-state index is 0.398. The zero-order chi connectivity index (χ0) is 10.8. The van der Waals surface area contributed by atoms with E-state index in [1.807, 2.05) is 0 Å². The Hall–Kier alpha value is -0.540. The van der Waals surface area contributed by atoms with Crippen molar-refractivity contribution in [3.05, 3.63) is 28.2 Å². The maximum Gasteiger partial charge on any atom is 0.0377 e. The number of aryl methyl sites for hydroxylation is 1. The van der Waals surface area contributed by atoms with Crippen LogP contribution in [0.15, 0.2) is 22.7 Å². The van der Waals surface area contributed by atoms with E-state index in [1.165, 1.54) is 15.7 Å². The molecule has 1 aromatic rings. The van der Waals surface area contributed by atoms with Gasteiger partial charge in [0.2, 0.25) is 0 Å². The Balaban J connectivity index is 2.12. The van der Waals surface area contributed by atoms with E-state index in [-0.39, 0.29) is 0 Å². The normalized spacial score (nSPS) is 18.2. The van der Waals surface area contributed by atoms with Crippen LogP contribution in [-0.2, 0) is 0 Å². The third kappa shape index (κ3) is 2.52. The average Bonchev–Trinajstić information content (AvgIpc) is 2.23. The minimum Gasteiger partial charge on any atom is -0.371 e. The molecule has 3 heteroatoms. The van der Waals surface area contributed by atoms with Crippen molar-refractivity contribution < 1.29 is 0 Å². The molecule has 0 spiro atoms. The molecule has 82 valence electrons. The summed E-state index contributed by atoms with van der Waals surface area (Å²) < 4.78 is 1.19. The van der Waals surface area contributed by atoms with Gasteiger partial charge in [-0.25, -0.2) is 0 Å². The number of hydrogen-bond donors (Lipinski definition) is 1. The number of nitrogens with two attached hydrogens (primary N) is 1. The lowest BCUT2D eigenvalue weighted by molar-refractivity contribution is 0.501. The number of benzene rings is 1. The van der Waals surface area contributed by atoms with E-state index in [2.05, 4.69) is 46.0 Å². The van der Waals surface area contributed by atoms with Gasteiger partial charge in [0.25, 0.3) is 0 Å². The van der Waals surface area contributed by atoms with Gasteiger partial charge >= 0.3 is 0 Å². The Labute approximate surface area is 99.6 Å². The molecular formula is C12H17BrN2. The van der Waals surface area contributed by atoms with E-state index < -0.39 is 0 Å². The molecule has 0 aromatic heterocycles. The summed E-state index contributed by atoms with van der Waals surface area (Å²) in [4.78, 5) is 2.41. The molecule has 0 saturated carbocycles. The van der Waals surface area contributed by atoms with Crippen LogP contribution in [-0.4, -0.2) is 19.1 Å². The molecule has 2 nitrogen and oxygen atoms in total. The summed E-state index contributed by atoms with van der Waals surface area (Å²) in [5.74, 6) is 0. The summed E-state index contributed by atoms with van der Waals surface area (Å²) in [6.45, 7) is 4.27. The van der Waals surface area contributed by atoms with Gasteiger partial charge in [-0.15, -0.1) is 0 Å². The van der Waals surface area contributed by atoms with Crippen LogP contribution < -0.4 is 10.6 Å². The van der Waals surface area contributed by atoms with Gasteiger partial charge in [-0.1, -0.05) is 22.0 Å². The monoisotopic (exact) mass is 268 g/mol. The van der Waals surface area contributed by atoms with Crippen LogP contribution in [0.1, 0.15) is 18.4 Å². The van der Waals surface area contributed by atoms with E-state index in [4.69, 9.17) is 5.73 Å². The molecule has 2 rings (SSSR count). The predicted octanol–water partition coefficient (Wildman–Crippen LogP) is 2.69. The van der Waals surface area contributed by atoms with Gasteiger partial charge in [-0.05, 0) is 37.5 Å². The van der Waals surface area contributed by atoms with Crippen molar-refractivity contribution in [1.29, 1.82) is 0 Å². The Bertz CT molecular complexity index is 343. The number of hydrogen-bond acceptors (Lipinski definition) is 2. The van der Waals surface area contributed by atoms with Gasteiger partial charge < -0.3 is 10.6 Å². The van der Waals surface area contributed by atoms with Crippen LogP contribution in [0.4, 0.5) is 5.69 Å². The summed E-state index contributed by atoms with van der Waals surface area (Å²) in [7, 11) is 0. The standard InChI is InChI=1S/C12H17BrN2/c1-9-2-3-11(8-12(9)13)15-6-4-10(14)5-7-15/h2-3,8,10H,4-7,14H2,1H3. The molecule has 1 saturated heterocycles. The van der Waals surface area contributed by atoms with E-state index in [0.717, 1.165) is 25.9 Å². The van der Waals surface area contributed by atoms with Crippen LogP contribution in [0.5, 0.6) is 0 Å². The molecule has 0 amide bonds. The molecule has 1 fully saturated rings. The van der Waals surface area contributed by atoms with Crippen molar-refractivity contribution in [2.75, 3.05) is 18.0 Å². The highest BCUT2D eigenvalue weighted by Crippen LogP contribution is 2.25. The quantitative estimate of drug-likeness (QED) is 0.849. The molecule has 2 N–H and O–H groups in total. The largest absolute Gasteiger partial charge is 0.371 e. The van der Waals surface area contributed by atoms with Crippen LogP contribution >= 0.6 is 15.9 Å². The molecule has 1 aliphatic rings. The fourth-order valence-corrected chi connectivity index (χ4v) is 2.30. The highest BCUT2D eigenvalue weighted by molar-refractivity contribution is 9.10. The molecule has 0 unspecified atom stereocenters. The highest BCUT2D eigenvalue weighted by Gasteiger charge is 2.16. The van der Waals surface area contributed by atoms with Crippen molar-refractivity contribution in [1.82, 2.24) is 0 Å². The highest BCUT2D eigenvalue weighted by atomic mass is 79.9. The molecule has 1 aromatic carbocycles. The second-order valence-electron chi connectivity index (χ2n) is 4.26. The number of piperidine rings is 1. The molecular weight excluding hydrogens is 252 g/mol. The lowest BCUT2D eigenvalue weighted by atomic mass is 10.1. The molecule has 0 bridgehead atoms. The Morgan fingerprint density at radius 3 is 2.60 bits per heavy atom. The van der Waals surface area contributed by atoms with Gasteiger partial charge in [-0.3, -0.25) is 0 Å². The van der Waals surface area contributed by atoms with Gasteiger partial charge in [0, 0.05) is 29.3 Å². The first-order valence-electron chi connectivity index (χ1n) is 5.43. The maximum atomic E-state index is 5.89. The smallest absolute Gasteiger partial charge is 0.0377 e. The van der Waals surface area contributed by atoms with Gasteiger partial charge in [0.15, 0.2) is 0 Å². The molecule has 0 aliphatic carbocycles. The SMILES string of the molecule is Cc1ccc(N2CCC(N)CC2)cc1Br. The van der Waals surface area contributed by atoms with Crippen LogP contribution in [0.25, 0.3) is 0 Å². The first-order chi connectivity index (χ1) is 7.16. The lowest BCUT2D eigenvalue weighted by Crippen LogP contribution is -2.39. The topological polar surface area (TPSA) is 29.3 Å². The third-order valence-corrected chi connectivity index (χ3v) is 3.91. The van der Waals surface area contributed by atoms with E-state index in [0.29, 0.717) is 6.04 Å². The summed E-state index contributed by atoms with van der Waals surface area (Å²) in [6.07, 6.45) is 2.21. The Morgan fingerprint density at radius 2 is 2.00 bits per heavy atom. The maximum absolute atomic E-state index is 5.89.